The van der Waals surface area contributed by atoms with Gasteiger partial charge < -0.3 is 5.73 Å². The average Bonchev–Trinajstić information content (AvgIpc) is 3.05. The minimum Gasteiger partial charge on any atom is -0.320 e. The number of likely N-dealkylation sites (tertiary alicyclic amines) is 1. The van der Waals surface area contributed by atoms with E-state index >= 15 is 0 Å². The highest BCUT2D eigenvalue weighted by molar-refractivity contribution is 5.24. The lowest BCUT2D eigenvalue weighted by Crippen LogP contribution is -2.50. The van der Waals surface area contributed by atoms with Crippen molar-refractivity contribution in [2.45, 2.75) is 65.5 Å². The van der Waals surface area contributed by atoms with E-state index in [2.05, 4.69) is 35.1 Å². The van der Waals surface area contributed by atoms with Crippen LogP contribution in [0.2, 0.25) is 0 Å². The number of nitrogens with two attached hydrogens (primary N) is 1. The van der Waals surface area contributed by atoms with E-state index in [9.17, 15) is 0 Å². The van der Waals surface area contributed by atoms with Crippen LogP contribution in [0.1, 0.15) is 59.1 Å². The third-order valence-corrected chi connectivity index (χ3v) is 7.34. The van der Waals surface area contributed by atoms with Gasteiger partial charge in [0.15, 0.2) is 0 Å². The fourth-order valence-corrected chi connectivity index (χ4v) is 5.19. The Morgan fingerprint density at radius 3 is 2.58 bits per heavy atom. The van der Waals surface area contributed by atoms with Gasteiger partial charge in [0.05, 0.1) is 11.7 Å². The lowest BCUT2D eigenvalue weighted by molar-refractivity contribution is -0.0116. The highest BCUT2D eigenvalue weighted by atomic mass is 15.4. The zero-order valence-corrected chi connectivity index (χ0v) is 16.9. The van der Waals surface area contributed by atoms with Crippen LogP contribution in [-0.4, -0.2) is 39.5 Å². The number of nitrogens with zero attached hydrogens (tertiary/aromatic N) is 4. The van der Waals surface area contributed by atoms with E-state index in [0.29, 0.717) is 11.3 Å². The van der Waals surface area contributed by atoms with Gasteiger partial charge in [-0.05, 0) is 75.8 Å². The van der Waals surface area contributed by atoms with Crippen LogP contribution in [0.25, 0.3) is 0 Å². The molecule has 1 aromatic rings. The summed E-state index contributed by atoms with van der Waals surface area (Å²) in [4.78, 5) is 2.67. The van der Waals surface area contributed by atoms with Crippen molar-refractivity contribution in [3.8, 4) is 0 Å². The van der Waals surface area contributed by atoms with E-state index < -0.39 is 5.54 Å². The normalized spacial score (nSPS) is 29.3. The summed E-state index contributed by atoms with van der Waals surface area (Å²) in [5.74, 6) is 2.48. The first-order valence-electron chi connectivity index (χ1n) is 10.3. The molecule has 1 aromatic heterocycles. The van der Waals surface area contributed by atoms with Crippen LogP contribution in [0, 0.1) is 23.2 Å². The van der Waals surface area contributed by atoms with Crippen molar-refractivity contribution in [1.82, 2.24) is 19.9 Å². The smallest absolute Gasteiger partial charge is 0.102 e. The first kappa shape index (κ1) is 18.2. The van der Waals surface area contributed by atoms with Gasteiger partial charge in [0, 0.05) is 13.1 Å². The highest BCUT2D eigenvalue weighted by Gasteiger charge is 2.51. The van der Waals surface area contributed by atoms with Crippen molar-refractivity contribution in [3.05, 3.63) is 23.5 Å². The predicted octanol–water partition coefficient (Wildman–Crippen LogP) is 3.18. The second kappa shape index (κ2) is 6.45. The topological polar surface area (TPSA) is 60.0 Å². The molecule has 4 aliphatic rings. The molecular weight excluding hydrogens is 322 g/mol. The van der Waals surface area contributed by atoms with Gasteiger partial charge in [0.1, 0.15) is 5.69 Å². The molecule has 144 valence electrons. The molecule has 2 N–H and O–H groups in total. The standard InChI is InChI=1S/C21H35N5/c1-20(2)17-6-5-16(18(20)11-17)13-25-9-7-15(8-10-25)12-26-14-19(23-24-26)21(3,4)22/h5,14-15,17-18H,6-13,22H2,1-4H3/t17-,18-/m0/s1. The molecule has 0 radical (unpaired) electrons. The number of piperidine rings is 1. The summed E-state index contributed by atoms with van der Waals surface area (Å²) in [7, 11) is 0. The maximum absolute atomic E-state index is 6.12. The molecule has 5 heteroatoms. The van der Waals surface area contributed by atoms with E-state index in [4.69, 9.17) is 5.73 Å². The fraction of sp³-hybridized carbons (Fsp3) is 0.810. The molecule has 2 heterocycles. The zero-order valence-electron chi connectivity index (χ0n) is 16.9. The molecule has 0 amide bonds. The molecule has 1 saturated heterocycles. The molecule has 0 spiro atoms. The Morgan fingerprint density at radius 1 is 1.27 bits per heavy atom. The van der Waals surface area contributed by atoms with E-state index in [1.54, 1.807) is 5.57 Å². The Hall–Kier alpha value is -1.20. The maximum atomic E-state index is 6.12. The maximum Gasteiger partial charge on any atom is 0.102 e. The molecule has 1 saturated carbocycles. The first-order chi connectivity index (χ1) is 12.2. The van der Waals surface area contributed by atoms with Gasteiger partial charge >= 0.3 is 0 Å². The van der Waals surface area contributed by atoms with Crippen LogP contribution in [0.3, 0.4) is 0 Å². The zero-order chi connectivity index (χ0) is 18.5. The third kappa shape index (κ3) is 3.36. The lowest BCUT2D eigenvalue weighted by Gasteiger charge is -2.57. The van der Waals surface area contributed by atoms with Gasteiger partial charge in [-0.2, -0.15) is 0 Å². The minimum atomic E-state index is -0.413. The Bertz CT molecular complexity index is 673. The van der Waals surface area contributed by atoms with Gasteiger partial charge in [-0.1, -0.05) is 30.7 Å². The molecule has 3 aliphatic carbocycles. The molecule has 2 bridgehead atoms. The van der Waals surface area contributed by atoms with E-state index in [-0.39, 0.29) is 0 Å². The third-order valence-electron chi connectivity index (χ3n) is 7.34. The van der Waals surface area contributed by atoms with Gasteiger partial charge in [-0.25, -0.2) is 0 Å². The highest BCUT2D eigenvalue weighted by Crippen LogP contribution is 2.59. The average molecular weight is 358 g/mol. The number of hydrogen-bond donors (Lipinski definition) is 1. The minimum absolute atomic E-state index is 0.413. The molecule has 0 aromatic carbocycles. The number of rotatable bonds is 5. The second-order valence-electron chi connectivity index (χ2n) is 10.1. The van der Waals surface area contributed by atoms with Crippen molar-refractivity contribution in [3.63, 3.8) is 0 Å². The molecular formula is C21H35N5. The Kier molecular flexibility index (Phi) is 4.51. The van der Waals surface area contributed by atoms with Crippen LogP contribution in [-0.2, 0) is 12.1 Å². The number of aromatic nitrogens is 3. The van der Waals surface area contributed by atoms with Crippen molar-refractivity contribution >= 4 is 0 Å². The second-order valence-corrected chi connectivity index (χ2v) is 10.1. The quantitative estimate of drug-likeness (QED) is 0.822. The van der Waals surface area contributed by atoms with Crippen LogP contribution < -0.4 is 5.73 Å². The van der Waals surface area contributed by atoms with E-state index in [0.717, 1.165) is 24.1 Å². The molecule has 5 rings (SSSR count). The van der Waals surface area contributed by atoms with Crippen LogP contribution in [0.5, 0.6) is 0 Å². The summed E-state index contributed by atoms with van der Waals surface area (Å²) >= 11 is 0. The first-order valence-corrected chi connectivity index (χ1v) is 10.3. The number of fused-ring (bicyclic) bond motifs is 1. The van der Waals surface area contributed by atoms with Crippen molar-refractivity contribution in [1.29, 1.82) is 0 Å². The summed E-state index contributed by atoms with van der Waals surface area (Å²) in [5.41, 5.74) is 8.85. The predicted molar refractivity (Wildman–Crippen MR) is 104 cm³/mol. The lowest BCUT2D eigenvalue weighted by atomic mass is 9.49. The monoisotopic (exact) mass is 357 g/mol. The van der Waals surface area contributed by atoms with Gasteiger partial charge in [-0.15, -0.1) is 5.10 Å². The Balaban J connectivity index is 1.27. The van der Waals surface area contributed by atoms with Gasteiger partial charge in [-0.3, -0.25) is 9.58 Å². The largest absolute Gasteiger partial charge is 0.320 e. The van der Waals surface area contributed by atoms with E-state index in [1.165, 1.54) is 45.3 Å². The Labute approximate surface area is 158 Å². The number of hydrogen-bond acceptors (Lipinski definition) is 4. The van der Waals surface area contributed by atoms with Gasteiger partial charge in [0.2, 0.25) is 0 Å². The molecule has 0 unspecified atom stereocenters. The van der Waals surface area contributed by atoms with Crippen molar-refractivity contribution in [2.75, 3.05) is 19.6 Å². The van der Waals surface area contributed by atoms with Crippen LogP contribution in [0.15, 0.2) is 17.8 Å². The summed E-state index contributed by atoms with van der Waals surface area (Å²) in [6.45, 7) is 13.5. The van der Waals surface area contributed by atoms with Crippen molar-refractivity contribution < 1.29 is 0 Å². The molecule has 2 atom stereocenters. The molecule has 1 aliphatic heterocycles. The van der Waals surface area contributed by atoms with Crippen LogP contribution >= 0.6 is 0 Å². The van der Waals surface area contributed by atoms with E-state index in [1.807, 2.05) is 24.7 Å². The molecule has 5 nitrogen and oxygen atoms in total. The number of allylic oxidation sites excluding steroid dienone is 1. The summed E-state index contributed by atoms with van der Waals surface area (Å²) in [6.07, 6.45) is 9.83. The van der Waals surface area contributed by atoms with Crippen molar-refractivity contribution in [2.24, 2.45) is 28.9 Å². The summed E-state index contributed by atoms with van der Waals surface area (Å²) < 4.78 is 1.99. The molecule has 2 fully saturated rings. The van der Waals surface area contributed by atoms with Gasteiger partial charge in [0.25, 0.3) is 0 Å². The van der Waals surface area contributed by atoms with Crippen LogP contribution in [0.4, 0.5) is 0 Å². The Morgan fingerprint density at radius 2 is 2.00 bits per heavy atom. The SMILES string of the molecule is CC(C)(N)c1cn(CC2CCN(CC3=CC[C@H]4C[C@@H]3C4(C)C)CC2)nn1. The summed E-state index contributed by atoms with van der Waals surface area (Å²) in [6, 6.07) is 0. The summed E-state index contributed by atoms with van der Waals surface area (Å²) in [5, 5.41) is 8.53. The molecule has 26 heavy (non-hydrogen) atoms. The fourth-order valence-electron chi connectivity index (χ4n) is 5.19.